The molecular formula is C27H29NO3. The second kappa shape index (κ2) is 7.43. The van der Waals surface area contributed by atoms with E-state index >= 15 is 0 Å². The monoisotopic (exact) mass is 415 g/mol. The molecule has 1 heterocycles. The minimum absolute atomic E-state index is 0.168. The molecule has 2 fully saturated rings. The van der Waals surface area contributed by atoms with Crippen LogP contribution < -0.4 is 4.74 Å². The summed E-state index contributed by atoms with van der Waals surface area (Å²) in [7, 11) is 0. The molecule has 160 valence electrons. The van der Waals surface area contributed by atoms with Crippen molar-refractivity contribution < 1.29 is 14.6 Å². The Kier molecular flexibility index (Phi) is 4.83. The molecule has 0 aromatic heterocycles. The first kappa shape index (κ1) is 20.2. The van der Waals surface area contributed by atoms with Crippen LogP contribution in [0.3, 0.4) is 0 Å². The molecular weight excluding hydrogens is 386 g/mol. The zero-order valence-corrected chi connectivity index (χ0v) is 18.3. The Bertz CT molecular complexity index is 1060. The number of rotatable bonds is 5. The van der Waals surface area contributed by atoms with Gasteiger partial charge in [-0.3, -0.25) is 4.79 Å². The van der Waals surface area contributed by atoms with Gasteiger partial charge in [0.1, 0.15) is 5.75 Å². The Morgan fingerprint density at radius 3 is 2.32 bits per heavy atom. The normalized spacial score (nSPS) is 20.0. The lowest BCUT2D eigenvalue weighted by Gasteiger charge is -2.49. The van der Waals surface area contributed by atoms with Gasteiger partial charge in [0.2, 0.25) is 0 Å². The van der Waals surface area contributed by atoms with E-state index < -0.39 is 11.4 Å². The Morgan fingerprint density at radius 1 is 1.03 bits per heavy atom. The Morgan fingerprint density at radius 2 is 1.68 bits per heavy atom. The van der Waals surface area contributed by atoms with Crippen LogP contribution in [0.2, 0.25) is 0 Å². The predicted molar refractivity (Wildman–Crippen MR) is 120 cm³/mol. The molecule has 5 rings (SSSR count). The van der Waals surface area contributed by atoms with E-state index in [1.54, 1.807) is 0 Å². The van der Waals surface area contributed by atoms with Crippen molar-refractivity contribution >= 4 is 5.97 Å². The number of nitrogens with zero attached hydrogens (tertiary/aromatic N) is 1. The molecule has 1 aliphatic heterocycles. The fraction of sp³-hybridized carbons (Fsp3) is 0.444. The highest BCUT2D eigenvalue weighted by Crippen LogP contribution is 2.50. The second-order valence-corrected chi connectivity index (χ2v) is 10.0. The summed E-state index contributed by atoms with van der Waals surface area (Å²) in [6, 6.07) is 14.5. The van der Waals surface area contributed by atoms with Crippen LogP contribution in [-0.4, -0.2) is 41.7 Å². The number of fused-ring (bicyclic) bond motifs is 1. The number of carbonyl (C=O) groups is 1. The first-order chi connectivity index (χ1) is 14.8. The van der Waals surface area contributed by atoms with Gasteiger partial charge in [-0.1, -0.05) is 17.9 Å². The third kappa shape index (κ3) is 4.07. The van der Waals surface area contributed by atoms with E-state index in [9.17, 15) is 9.90 Å². The van der Waals surface area contributed by atoms with Gasteiger partial charge < -0.3 is 14.7 Å². The Hall–Kier alpha value is -2.77. The largest absolute Gasteiger partial charge is 0.491 e. The maximum absolute atomic E-state index is 11.5. The van der Waals surface area contributed by atoms with Gasteiger partial charge in [-0.2, -0.15) is 0 Å². The number of aliphatic carboxylic acids is 1. The minimum atomic E-state index is -0.617. The average molecular weight is 416 g/mol. The maximum atomic E-state index is 11.5. The lowest BCUT2D eigenvalue weighted by Crippen LogP contribution is -2.58. The highest BCUT2D eigenvalue weighted by Gasteiger charge is 2.55. The van der Waals surface area contributed by atoms with Crippen LogP contribution in [-0.2, 0) is 17.6 Å². The minimum Gasteiger partial charge on any atom is -0.491 e. The molecule has 1 spiro atoms. The SMILES string of the molecule is CC(C)Oc1ccc(C#Cc2ccc3c(c2)CC2(C3)CN(CC3(C(=O)O)CC3)C2)cc1. The van der Waals surface area contributed by atoms with Crippen LogP contribution in [0, 0.1) is 22.7 Å². The molecule has 0 amide bonds. The van der Waals surface area contributed by atoms with E-state index in [0.29, 0.717) is 5.41 Å². The molecule has 2 aromatic rings. The van der Waals surface area contributed by atoms with Crippen molar-refractivity contribution in [1.82, 2.24) is 4.90 Å². The van der Waals surface area contributed by atoms with Gasteiger partial charge in [-0.25, -0.2) is 0 Å². The van der Waals surface area contributed by atoms with Gasteiger partial charge >= 0.3 is 5.97 Å². The molecule has 0 bridgehead atoms. The first-order valence-corrected chi connectivity index (χ1v) is 11.2. The molecule has 2 aromatic carbocycles. The lowest BCUT2D eigenvalue weighted by atomic mass is 9.76. The lowest BCUT2D eigenvalue weighted by molar-refractivity contribution is -0.145. The zero-order chi connectivity index (χ0) is 21.6. The van der Waals surface area contributed by atoms with Crippen molar-refractivity contribution in [2.45, 2.75) is 45.6 Å². The quantitative estimate of drug-likeness (QED) is 0.746. The molecule has 4 heteroatoms. The fourth-order valence-corrected chi connectivity index (χ4v) is 5.20. The summed E-state index contributed by atoms with van der Waals surface area (Å²) in [4.78, 5) is 13.8. The Balaban J connectivity index is 1.21. The number of benzene rings is 2. The molecule has 1 N–H and O–H groups in total. The number of ether oxygens (including phenoxy) is 1. The molecule has 31 heavy (non-hydrogen) atoms. The van der Waals surface area contributed by atoms with Crippen molar-refractivity contribution in [3.8, 4) is 17.6 Å². The van der Waals surface area contributed by atoms with Gasteiger partial charge in [0.25, 0.3) is 0 Å². The molecule has 0 radical (unpaired) electrons. The van der Waals surface area contributed by atoms with E-state index in [1.165, 1.54) is 11.1 Å². The zero-order valence-electron chi connectivity index (χ0n) is 18.3. The van der Waals surface area contributed by atoms with Crippen LogP contribution in [0.15, 0.2) is 42.5 Å². The maximum Gasteiger partial charge on any atom is 0.310 e. The average Bonchev–Trinajstić information content (AvgIpc) is 3.39. The topological polar surface area (TPSA) is 49.8 Å². The van der Waals surface area contributed by atoms with Gasteiger partial charge in [0, 0.05) is 36.2 Å². The number of carboxylic acid groups (broad SMARTS) is 1. The molecule has 0 unspecified atom stereocenters. The van der Waals surface area contributed by atoms with E-state index in [0.717, 1.165) is 62.2 Å². The number of hydrogen-bond donors (Lipinski definition) is 1. The summed E-state index contributed by atoms with van der Waals surface area (Å²) in [6.07, 6.45) is 4.02. The Labute approximate surface area is 184 Å². The second-order valence-electron chi connectivity index (χ2n) is 10.0. The summed E-state index contributed by atoms with van der Waals surface area (Å²) < 4.78 is 5.69. The summed E-state index contributed by atoms with van der Waals surface area (Å²) in [6.45, 7) is 6.79. The van der Waals surface area contributed by atoms with E-state index in [-0.39, 0.29) is 6.10 Å². The molecule has 0 atom stereocenters. The highest BCUT2D eigenvalue weighted by molar-refractivity contribution is 5.78. The summed E-state index contributed by atoms with van der Waals surface area (Å²) in [5, 5.41) is 9.44. The number of carboxylic acids is 1. The van der Waals surface area contributed by atoms with Crippen LogP contribution >= 0.6 is 0 Å². The highest BCUT2D eigenvalue weighted by atomic mass is 16.5. The summed E-state index contributed by atoms with van der Waals surface area (Å²) >= 11 is 0. The van der Waals surface area contributed by atoms with Gasteiger partial charge in [0.15, 0.2) is 0 Å². The molecule has 1 saturated carbocycles. The third-order valence-electron chi connectivity index (χ3n) is 6.87. The van der Waals surface area contributed by atoms with Crippen LogP contribution in [0.5, 0.6) is 5.75 Å². The summed E-state index contributed by atoms with van der Waals surface area (Å²) in [5.74, 6) is 6.82. The van der Waals surface area contributed by atoms with Crippen LogP contribution in [0.25, 0.3) is 0 Å². The van der Waals surface area contributed by atoms with Gasteiger partial charge in [-0.15, -0.1) is 0 Å². The van der Waals surface area contributed by atoms with Crippen molar-refractivity contribution in [3.63, 3.8) is 0 Å². The third-order valence-corrected chi connectivity index (χ3v) is 6.87. The number of hydrogen-bond acceptors (Lipinski definition) is 3. The molecule has 3 aliphatic rings. The van der Waals surface area contributed by atoms with Crippen LogP contribution in [0.1, 0.15) is 48.9 Å². The molecule has 2 aliphatic carbocycles. The van der Waals surface area contributed by atoms with Gasteiger partial charge in [0.05, 0.1) is 11.5 Å². The van der Waals surface area contributed by atoms with E-state index in [1.807, 2.05) is 38.1 Å². The van der Waals surface area contributed by atoms with E-state index in [2.05, 4.69) is 34.9 Å². The number of likely N-dealkylation sites (tertiary alicyclic amines) is 1. The molecule has 4 nitrogen and oxygen atoms in total. The molecule has 1 saturated heterocycles. The standard InChI is InChI=1S/C27H29NO3/c1-19(2)31-24-9-6-20(7-10-24)3-4-21-5-8-22-14-26(15-23(22)13-21)16-28(17-26)18-27(11-12-27)25(29)30/h5-10,13,19H,11-12,14-18H2,1-2H3,(H,29,30). The van der Waals surface area contributed by atoms with Crippen molar-refractivity contribution in [1.29, 1.82) is 0 Å². The van der Waals surface area contributed by atoms with Crippen molar-refractivity contribution in [2.75, 3.05) is 19.6 Å². The van der Waals surface area contributed by atoms with Crippen molar-refractivity contribution in [3.05, 3.63) is 64.7 Å². The van der Waals surface area contributed by atoms with E-state index in [4.69, 9.17) is 4.74 Å². The first-order valence-electron chi connectivity index (χ1n) is 11.2. The summed E-state index contributed by atoms with van der Waals surface area (Å²) in [5.41, 5.74) is 4.73. The van der Waals surface area contributed by atoms with Crippen LogP contribution in [0.4, 0.5) is 0 Å². The smallest absolute Gasteiger partial charge is 0.310 e. The van der Waals surface area contributed by atoms with Gasteiger partial charge in [-0.05, 0) is 87.1 Å². The fourth-order valence-electron chi connectivity index (χ4n) is 5.20. The predicted octanol–water partition coefficient (Wildman–Crippen LogP) is 4.14. The van der Waals surface area contributed by atoms with Crippen molar-refractivity contribution in [2.24, 2.45) is 10.8 Å².